The summed E-state index contributed by atoms with van der Waals surface area (Å²) in [5.74, 6) is 2.03. The predicted octanol–water partition coefficient (Wildman–Crippen LogP) is 2.82. The Morgan fingerprint density at radius 3 is 2.46 bits per heavy atom. The number of rotatable bonds is 3. The Kier molecular flexibility index (Phi) is 4.25. The lowest BCUT2D eigenvalue weighted by molar-refractivity contribution is -0.118. The van der Waals surface area contributed by atoms with Crippen molar-refractivity contribution < 1.29 is 9.59 Å². The predicted molar refractivity (Wildman–Crippen MR) is 109 cm³/mol. The number of hydrogen-bond donors (Lipinski definition) is 3. The summed E-state index contributed by atoms with van der Waals surface area (Å²) in [6.45, 7) is 0.991. The van der Waals surface area contributed by atoms with E-state index in [0.29, 0.717) is 0 Å². The number of imide groups is 1. The highest BCUT2D eigenvalue weighted by molar-refractivity contribution is 5.97. The third-order valence-corrected chi connectivity index (χ3v) is 7.39. The lowest BCUT2D eigenvalue weighted by Gasteiger charge is -2.56. The number of nitrogens with one attached hydrogen (secondary N) is 2. The zero-order valence-corrected chi connectivity index (χ0v) is 16.4. The number of hydrogen-bond acceptors (Lipinski definition) is 4. The number of benzene rings is 1. The van der Waals surface area contributed by atoms with Crippen LogP contribution in [0.25, 0.3) is 0 Å². The van der Waals surface area contributed by atoms with Gasteiger partial charge in [0.2, 0.25) is 5.91 Å². The van der Waals surface area contributed by atoms with E-state index in [0.717, 1.165) is 73.3 Å². The molecule has 0 atom stereocenters. The molecule has 0 spiro atoms. The highest BCUT2D eigenvalue weighted by atomic mass is 16.2. The molecule has 0 aromatic heterocycles. The van der Waals surface area contributed by atoms with Crippen LogP contribution in [0, 0.1) is 17.8 Å². The van der Waals surface area contributed by atoms with Gasteiger partial charge in [0.05, 0.1) is 6.54 Å². The second-order valence-corrected chi connectivity index (χ2v) is 9.57. The van der Waals surface area contributed by atoms with Crippen LogP contribution in [0.1, 0.15) is 50.5 Å². The second kappa shape index (κ2) is 6.68. The molecule has 1 aliphatic heterocycles. The summed E-state index contributed by atoms with van der Waals surface area (Å²) in [6.07, 6.45) is 9.15. The number of urea groups is 1. The molecule has 1 aromatic rings. The molecule has 28 heavy (non-hydrogen) atoms. The Bertz CT molecular complexity index is 770. The summed E-state index contributed by atoms with van der Waals surface area (Å²) in [5.41, 5.74) is 8.92. The number of nitrogens with zero attached hydrogens (tertiary/aromatic N) is 1. The first-order valence-electron chi connectivity index (χ1n) is 10.7. The SMILES string of the molecule is Nc1cccc2c1CCCN2CC(=O)NC(=O)NC12CC3CC(CC(C3)C1)C2. The molecule has 0 saturated heterocycles. The molecule has 5 aliphatic rings. The molecule has 4 N–H and O–H groups in total. The molecule has 6 rings (SSSR count). The quantitative estimate of drug-likeness (QED) is 0.702. The molecule has 4 aliphatic carbocycles. The first-order valence-corrected chi connectivity index (χ1v) is 10.7. The number of fused-ring (bicyclic) bond motifs is 1. The highest BCUT2D eigenvalue weighted by Gasteiger charge is 2.51. The zero-order chi connectivity index (χ0) is 19.3. The van der Waals surface area contributed by atoms with Crippen molar-refractivity contribution in [2.45, 2.75) is 56.9 Å². The third kappa shape index (κ3) is 3.23. The monoisotopic (exact) mass is 382 g/mol. The van der Waals surface area contributed by atoms with E-state index < -0.39 is 0 Å². The van der Waals surface area contributed by atoms with Crippen LogP contribution in [-0.2, 0) is 11.2 Å². The number of amides is 3. The van der Waals surface area contributed by atoms with Crippen LogP contribution in [-0.4, -0.2) is 30.6 Å². The minimum Gasteiger partial charge on any atom is -0.398 e. The molecule has 4 saturated carbocycles. The Hall–Kier alpha value is -2.24. The first-order chi connectivity index (χ1) is 13.5. The van der Waals surface area contributed by atoms with Crippen molar-refractivity contribution in [3.63, 3.8) is 0 Å². The summed E-state index contributed by atoms with van der Waals surface area (Å²) >= 11 is 0. The molecule has 0 unspecified atom stereocenters. The van der Waals surface area contributed by atoms with Crippen LogP contribution in [0.4, 0.5) is 16.2 Å². The van der Waals surface area contributed by atoms with E-state index in [1.54, 1.807) is 0 Å². The van der Waals surface area contributed by atoms with E-state index in [1.165, 1.54) is 19.3 Å². The molecule has 0 radical (unpaired) electrons. The fraction of sp³-hybridized carbons (Fsp3) is 0.636. The van der Waals surface area contributed by atoms with Crippen LogP contribution >= 0.6 is 0 Å². The van der Waals surface area contributed by atoms with Crippen molar-refractivity contribution in [2.24, 2.45) is 17.8 Å². The van der Waals surface area contributed by atoms with E-state index in [4.69, 9.17) is 5.73 Å². The van der Waals surface area contributed by atoms with Gasteiger partial charge in [0.25, 0.3) is 0 Å². The van der Waals surface area contributed by atoms with Gasteiger partial charge in [-0.25, -0.2) is 4.79 Å². The van der Waals surface area contributed by atoms with Gasteiger partial charge in [-0.1, -0.05) is 6.07 Å². The average Bonchev–Trinajstić information content (AvgIpc) is 2.60. The van der Waals surface area contributed by atoms with Crippen LogP contribution < -0.4 is 21.3 Å². The van der Waals surface area contributed by atoms with Crippen LogP contribution in [0.2, 0.25) is 0 Å². The summed E-state index contributed by atoms with van der Waals surface area (Å²) in [4.78, 5) is 27.2. The maximum absolute atomic E-state index is 12.6. The smallest absolute Gasteiger partial charge is 0.321 e. The van der Waals surface area contributed by atoms with Crippen molar-refractivity contribution in [3.05, 3.63) is 23.8 Å². The van der Waals surface area contributed by atoms with Crippen LogP contribution in [0.5, 0.6) is 0 Å². The van der Waals surface area contributed by atoms with E-state index in [9.17, 15) is 9.59 Å². The lowest BCUT2D eigenvalue weighted by atomic mass is 9.53. The van der Waals surface area contributed by atoms with Gasteiger partial charge < -0.3 is 16.0 Å². The van der Waals surface area contributed by atoms with Gasteiger partial charge in [-0.3, -0.25) is 10.1 Å². The maximum Gasteiger partial charge on any atom is 0.321 e. The van der Waals surface area contributed by atoms with Crippen molar-refractivity contribution in [1.29, 1.82) is 0 Å². The number of nitrogen functional groups attached to an aromatic ring is 1. The van der Waals surface area contributed by atoms with Crippen molar-refractivity contribution in [1.82, 2.24) is 10.6 Å². The van der Waals surface area contributed by atoms with E-state index in [2.05, 4.69) is 10.6 Å². The van der Waals surface area contributed by atoms with Crippen LogP contribution in [0.3, 0.4) is 0 Å². The van der Waals surface area contributed by atoms with Gasteiger partial charge >= 0.3 is 6.03 Å². The highest BCUT2D eigenvalue weighted by Crippen LogP contribution is 2.55. The normalized spacial score (nSPS) is 32.7. The Balaban J connectivity index is 1.20. The van der Waals surface area contributed by atoms with Crippen molar-refractivity contribution in [2.75, 3.05) is 23.7 Å². The lowest BCUT2D eigenvalue weighted by Crippen LogP contribution is -2.62. The fourth-order valence-corrected chi connectivity index (χ4v) is 6.77. The Morgan fingerprint density at radius 2 is 1.79 bits per heavy atom. The topological polar surface area (TPSA) is 87.5 Å². The molecular formula is C22H30N4O2. The van der Waals surface area contributed by atoms with Gasteiger partial charge in [0.15, 0.2) is 0 Å². The van der Waals surface area contributed by atoms with Gasteiger partial charge in [-0.2, -0.15) is 0 Å². The zero-order valence-electron chi connectivity index (χ0n) is 16.4. The number of nitrogens with two attached hydrogens (primary N) is 1. The Labute approximate surface area is 166 Å². The summed E-state index contributed by atoms with van der Waals surface area (Å²) in [6, 6.07) is 5.51. The van der Waals surface area contributed by atoms with E-state index in [-0.39, 0.29) is 24.0 Å². The molecule has 4 fully saturated rings. The molecule has 6 heteroatoms. The van der Waals surface area contributed by atoms with E-state index in [1.807, 2.05) is 23.1 Å². The van der Waals surface area contributed by atoms with E-state index >= 15 is 0 Å². The number of carbonyl (C=O) groups is 2. The first kappa shape index (κ1) is 17.8. The molecule has 6 nitrogen and oxygen atoms in total. The van der Waals surface area contributed by atoms with Gasteiger partial charge in [0.1, 0.15) is 0 Å². The standard InChI is InChI=1S/C22H30N4O2/c23-18-4-1-5-19-17(18)3-2-6-26(19)13-20(27)24-21(28)25-22-10-14-7-15(11-22)9-16(8-14)12-22/h1,4-5,14-16H,2-3,6-13,23H2,(H2,24,25,27,28). The summed E-state index contributed by atoms with van der Waals surface area (Å²) in [7, 11) is 0. The van der Waals surface area contributed by atoms with Crippen LogP contribution in [0.15, 0.2) is 18.2 Å². The largest absolute Gasteiger partial charge is 0.398 e. The van der Waals surface area contributed by atoms with Crippen molar-refractivity contribution >= 4 is 23.3 Å². The molecule has 150 valence electrons. The maximum atomic E-state index is 12.6. The molecule has 1 aromatic carbocycles. The summed E-state index contributed by atoms with van der Waals surface area (Å²) < 4.78 is 0. The molecule has 3 amide bonds. The average molecular weight is 383 g/mol. The molecule has 1 heterocycles. The molecule has 4 bridgehead atoms. The minimum atomic E-state index is -0.322. The summed E-state index contributed by atoms with van der Waals surface area (Å²) in [5, 5.41) is 5.80. The number of anilines is 2. The minimum absolute atomic E-state index is 0.0781. The van der Waals surface area contributed by atoms with Gasteiger partial charge in [-0.15, -0.1) is 0 Å². The number of carbonyl (C=O) groups excluding carboxylic acids is 2. The van der Waals surface area contributed by atoms with Crippen molar-refractivity contribution in [3.8, 4) is 0 Å². The fourth-order valence-electron chi connectivity index (χ4n) is 6.77. The molecular weight excluding hydrogens is 352 g/mol. The van der Waals surface area contributed by atoms with Gasteiger partial charge in [-0.05, 0) is 86.8 Å². The third-order valence-electron chi connectivity index (χ3n) is 7.39. The Morgan fingerprint density at radius 1 is 1.11 bits per heavy atom. The van der Waals surface area contributed by atoms with Gasteiger partial charge in [0, 0.05) is 23.5 Å². The second-order valence-electron chi connectivity index (χ2n) is 9.57.